The molecule has 0 bridgehead atoms. The standard InChI is InChI=1S/C14H22N4O/c1-9-6-10(2)16-14(13(9)7-15)18-5-4-12(8-18)17-11(3)19/h6,12H,4-5,7-8,15H2,1-3H3,(H,17,19). The second-order valence-electron chi connectivity index (χ2n) is 5.22. The highest BCUT2D eigenvalue weighted by molar-refractivity contribution is 5.73. The summed E-state index contributed by atoms with van der Waals surface area (Å²) >= 11 is 0. The second kappa shape index (κ2) is 5.57. The number of anilines is 1. The van der Waals surface area contributed by atoms with E-state index in [1.54, 1.807) is 6.92 Å². The van der Waals surface area contributed by atoms with Crippen molar-refractivity contribution in [1.82, 2.24) is 10.3 Å². The molecule has 1 aliphatic heterocycles. The summed E-state index contributed by atoms with van der Waals surface area (Å²) in [6.45, 7) is 7.84. The lowest BCUT2D eigenvalue weighted by molar-refractivity contribution is -0.119. The summed E-state index contributed by atoms with van der Waals surface area (Å²) in [5, 5.41) is 2.97. The summed E-state index contributed by atoms with van der Waals surface area (Å²) in [7, 11) is 0. The Labute approximate surface area is 114 Å². The fourth-order valence-corrected chi connectivity index (χ4v) is 2.72. The number of hydrogen-bond acceptors (Lipinski definition) is 4. The highest BCUT2D eigenvalue weighted by Gasteiger charge is 2.26. The first kappa shape index (κ1) is 13.8. The average Bonchev–Trinajstić information content (AvgIpc) is 2.75. The molecule has 2 heterocycles. The van der Waals surface area contributed by atoms with Crippen molar-refractivity contribution < 1.29 is 4.79 Å². The number of aromatic nitrogens is 1. The average molecular weight is 262 g/mol. The topological polar surface area (TPSA) is 71.2 Å². The van der Waals surface area contributed by atoms with Crippen LogP contribution in [-0.4, -0.2) is 30.0 Å². The van der Waals surface area contributed by atoms with E-state index in [1.165, 1.54) is 5.56 Å². The molecule has 0 radical (unpaired) electrons. The van der Waals surface area contributed by atoms with E-state index in [9.17, 15) is 4.79 Å². The van der Waals surface area contributed by atoms with Crippen LogP contribution in [0.5, 0.6) is 0 Å². The number of nitrogens with zero attached hydrogens (tertiary/aromatic N) is 2. The zero-order valence-electron chi connectivity index (χ0n) is 11.9. The van der Waals surface area contributed by atoms with Crippen LogP contribution in [0, 0.1) is 13.8 Å². The zero-order chi connectivity index (χ0) is 14.0. The molecule has 19 heavy (non-hydrogen) atoms. The van der Waals surface area contributed by atoms with Gasteiger partial charge in [-0.15, -0.1) is 0 Å². The van der Waals surface area contributed by atoms with Gasteiger partial charge in [0.2, 0.25) is 5.91 Å². The summed E-state index contributed by atoms with van der Waals surface area (Å²) < 4.78 is 0. The molecule has 2 rings (SSSR count). The van der Waals surface area contributed by atoms with Crippen molar-refractivity contribution in [2.75, 3.05) is 18.0 Å². The van der Waals surface area contributed by atoms with Gasteiger partial charge in [0.1, 0.15) is 5.82 Å². The molecule has 104 valence electrons. The van der Waals surface area contributed by atoms with E-state index in [0.717, 1.165) is 36.6 Å². The number of nitrogens with two attached hydrogens (primary N) is 1. The van der Waals surface area contributed by atoms with Crippen LogP contribution in [0.2, 0.25) is 0 Å². The zero-order valence-corrected chi connectivity index (χ0v) is 11.9. The van der Waals surface area contributed by atoms with Gasteiger partial charge in [0.25, 0.3) is 0 Å². The Hall–Kier alpha value is -1.62. The summed E-state index contributed by atoms with van der Waals surface area (Å²) in [5.74, 6) is 1.01. The number of amides is 1. The Morgan fingerprint density at radius 2 is 2.32 bits per heavy atom. The van der Waals surface area contributed by atoms with E-state index < -0.39 is 0 Å². The van der Waals surface area contributed by atoms with Gasteiger partial charge in [-0.25, -0.2) is 4.98 Å². The normalized spacial score (nSPS) is 18.7. The Bertz CT molecular complexity index is 487. The number of nitrogens with one attached hydrogen (secondary N) is 1. The molecule has 1 fully saturated rings. The Morgan fingerprint density at radius 3 is 2.95 bits per heavy atom. The first-order chi connectivity index (χ1) is 9.01. The Kier molecular flexibility index (Phi) is 4.04. The number of rotatable bonds is 3. The molecule has 3 N–H and O–H groups in total. The van der Waals surface area contributed by atoms with Crippen molar-refractivity contribution in [2.45, 2.75) is 39.8 Å². The van der Waals surface area contributed by atoms with Crippen molar-refractivity contribution in [3.8, 4) is 0 Å². The maximum absolute atomic E-state index is 11.1. The first-order valence-corrected chi connectivity index (χ1v) is 6.70. The van der Waals surface area contributed by atoms with Gasteiger partial charge < -0.3 is 16.0 Å². The van der Waals surface area contributed by atoms with Crippen molar-refractivity contribution in [2.24, 2.45) is 5.73 Å². The lowest BCUT2D eigenvalue weighted by Crippen LogP contribution is -2.36. The molecule has 0 aromatic carbocycles. The minimum Gasteiger partial charge on any atom is -0.354 e. The molecule has 1 amide bonds. The van der Waals surface area contributed by atoms with Gasteiger partial charge in [-0.05, 0) is 31.9 Å². The molecule has 0 aliphatic carbocycles. The van der Waals surface area contributed by atoms with E-state index in [4.69, 9.17) is 5.73 Å². The van der Waals surface area contributed by atoms with E-state index >= 15 is 0 Å². The molecule has 5 nitrogen and oxygen atoms in total. The van der Waals surface area contributed by atoms with Crippen LogP contribution in [0.15, 0.2) is 6.07 Å². The smallest absolute Gasteiger partial charge is 0.217 e. The van der Waals surface area contributed by atoms with Crippen LogP contribution in [0.1, 0.15) is 30.2 Å². The third-order valence-corrected chi connectivity index (χ3v) is 3.55. The molecule has 5 heteroatoms. The molecular weight excluding hydrogens is 240 g/mol. The molecular formula is C14H22N4O. The fraction of sp³-hybridized carbons (Fsp3) is 0.571. The summed E-state index contributed by atoms with van der Waals surface area (Å²) in [4.78, 5) is 18.0. The highest BCUT2D eigenvalue weighted by Crippen LogP contribution is 2.25. The predicted octanol–water partition coefficient (Wildman–Crippen LogP) is 0.872. The monoisotopic (exact) mass is 262 g/mol. The molecule has 1 aliphatic rings. The lowest BCUT2D eigenvalue weighted by atomic mass is 10.1. The van der Waals surface area contributed by atoms with E-state index in [2.05, 4.69) is 28.2 Å². The number of aryl methyl sites for hydroxylation is 2. The molecule has 0 spiro atoms. The molecule has 0 saturated carbocycles. The number of pyridine rings is 1. The van der Waals surface area contributed by atoms with Crippen LogP contribution < -0.4 is 16.0 Å². The Balaban J connectivity index is 2.21. The lowest BCUT2D eigenvalue weighted by Gasteiger charge is -2.22. The minimum atomic E-state index is 0.0271. The quantitative estimate of drug-likeness (QED) is 0.848. The third kappa shape index (κ3) is 3.04. The fourth-order valence-electron chi connectivity index (χ4n) is 2.72. The number of hydrogen-bond donors (Lipinski definition) is 2. The largest absolute Gasteiger partial charge is 0.354 e. The molecule has 1 aromatic rings. The first-order valence-electron chi connectivity index (χ1n) is 6.70. The van der Waals surface area contributed by atoms with Gasteiger partial charge in [0.05, 0.1) is 0 Å². The molecule has 1 unspecified atom stereocenters. The van der Waals surface area contributed by atoms with E-state index in [1.807, 2.05) is 6.92 Å². The SMILES string of the molecule is CC(=O)NC1CCN(c2nc(C)cc(C)c2CN)C1. The summed E-state index contributed by atoms with van der Waals surface area (Å²) in [6.07, 6.45) is 0.957. The highest BCUT2D eigenvalue weighted by atomic mass is 16.1. The van der Waals surface area contributed by atoms with Crippen LogP contribution in [0.3, 0.4) is 0 Å². The van der Waals surface area contributed by atoms with E-state index in [-0.39, 0.29) is 11.9 Å². The van der Waals surface area contributed by atoms with Gasteiger partial charge in [-0.2, -0.15) is 0 Å². The van der Waals surface area contributed by atoms with Crippen molar-refractivity contribution in [1.29, 1.82) is 0 Å². The number of carbonyl (C=O) groups excluding carboxylic acids is 1. The van der Waals surface area contributed by atoms with Crippen molar-refractivity contribution in [3.63, 3.8) is 0 Å². The van der Waals surface area contributed by atoms with Crippen LogP contribution in [0.4, 0.5) is 5.82 Å². The Morgan fingerprint density at radius 1 is 1.58 bits per heavy atom. The second-order valence-corrected chi connectivity index (χ2v) is 5.22. The molecule has 1 atom stereocenters. The van der Waals surface area contributed by atoms with Crippen LogP contribution in [0.25, 0.3) is 0 Å². The molecule has 1 aromatic heterocycles. The van der Waals surface area contributed by atoms with Gasteiger partial charge >= 0.3 is 0 Å². The maximum Gasteiger partial charge on any atom is 0.217 e. The van der Waals surface area contributed by atoms with Gasteiger partial charge in [0, 0.05) is 43.9 Å². The molecule has 1 saturated heterocycles. The minimum absolute atomic E-state index is 0.0271. The van der Waals surface area contributed by atoms with Crippen LogP contribution in [-0.2, 0) is 11.3 Å². The summed E-state index contributed by atoms with van der Waals surface area (Å²) in [5.41, 5.74) is 9.15. The van der Waals surface area contributed by atoms with Gasteiger partial charge in [-0.3, -0.25) is 4.79 Å². The predicted molar refractivity (Wildman–Crippen MR) is 76.0 cm³/mol. The number of carbonyl (C=O) groups is 1. The van der Waals surface area contributed by atoms with Crippen LogP contribution >= 0.6 is 0 Å². The third-order valence-electron chi connectivity index (χ3n) is 3.55. The maximum atomic E-state index is 11.1. The van der Waals surface area contributed by atoms with E-state index in [0.29, 0.717) is 6.54 Å². The summed E-state index contributed by atoms with van der Waals surface area (Å²) in [6, 6.07) is 2.28. The van der Waals surface area contributed by atoms with Gasteiger partial charge in [-0.1, -0.05) is 0 Å². The van der Waals surface area contributed by atoms with Crippen molar-refractivity contribution >= 4 is 11.7 Å². The van der Waals surface area contributed by atoms with Gasteiger partial charge in [0.15, 0.2) is 0 Å². The van der Waals surface area contributed by atoms with Crippen molar-refractivity contribution in [3.05, 3.63) is 22.9 Å².